The maximum absolute atomic E-state index is 8.13. The predicted octanol–water partition coefficient (Wildman–Crippen LogP) is 37.0. The van der Waals surface area contributed by atoms with Gasteiger partial charge in [-0.2, -0.15) is 0 Å². The van der Waals surface area contributed by atoms with Crippen molar-refractivity contribution in [1.29, 1.82) is 0 Å². The number of anilines is 12. The van der Waals surface area contributed by atoms with Crippen molar-refractivity contribution in [2.75, 3.05) is 19.6 Å². The summed E-state index contributed by atoms with van der Waals surface area (Å²) in [6, 6.07) is 164. The van der Waals surface area contributed by atoms with Gasteiger partial charge in [-0.05, 0) is 250 Å². The molecule has 4 heterocycles. The molecule has 2 aliphatic rings. The first-order valence-corrected chi connectivity index (χ1v) is 49.4. The lowest BCUT2D eigenvalue weighted by atomic mass is 9.67. The number of fused-ring (bicyclic) bond motifs is 22. The Balaban J connectivity index is 0.691. The summed E-state index contributed by atoms with van der Waals surface area (Å²) in [6.07, 6.45) is 0.597. The van der Waals surface area contributed by atoms with E-state index in [0.29, 0.717) is 6.42 Å². The van der Waals surface area contributed by atoms with Gasteiger partial charge in [0.15, 0.2) is 0 Å². The summed E-state index contributed by atoms with van der Waals surface area (Å²) < 4.78 is 31.3. The summed E-state index contributed by atoms with van der Waals surface area (Å²) in [6.45, 7) is 20.2. The topological polar surface area (TPSA) is 65.5 Å². The molecule has 20 aromatic carbocycles. The Hall–Kier alpha value is -17.2. The first kappa shape index (κ1) is 85.2. The third kappa shape index (κ3) is 13.4. The number of aryl methyl sites for hydroxylation is 3. The van der Waals surface area contributed by atoms with Crippen molar-refractivity contribution < 1.29 is 17.7 Å². The van der Waals surface area contributed by atoms with Gasteiger partial charge in [0.1, 0.15) is 44.7 Å². The van der Waals surface area contributed by atoms with Crippen LogP contribution in [0.2, 0.25) is 0 Å². The molecule has 0 aliphatic heterocycles. The second kappa shape index (κ2) is 33.0. The van der Waals surface area contributed by atoms with Crippen LogP contribution in [0.15, 0.2) is 461 Å². The summed E-state index contributed by atoms with van der Waals surface area (Å²) >= 11 is 0. The molecule has 682 valence electrons. The van der Waals surface area contributed by atoms with E-state index in [9.17, 15) is 0 Å². The van der Waals surface area contributed by atoms with Crippen molar-refractivity contribution in [2.45, 2.75) is 90.4 Å². The molecule has 0 atom stereocenters. The zero-order valence-electron chi connectivity index (χ0n) is 80.8. The number of rotatable bonds is 18. The van der Waals surface area contributed by atoms with Crippen molar-refractivity contribution in [3.63, 3.8) is 0 Å². The zero-order chi connectivity index (χ0) is 95.6. The lowest BCUT2D eigenvalue weighted by molar-refractivity contribution is 0.590. The second-order valence-corrected chi connectivity index (χ2v) is 40.7. The lowest BCUT2D eigenvalue weighted by Gasteiger charge is -2.36. The highest BCUT2D eigenvalue weighted by atomic mass is 16.3. The van der Waals surface area contributed by atoms with Crippen LogP contribution < -0.4 is 19.6 Å². The van der Waals surface area contributed by atoms with Crippen LogP contribution in [0, 0.1) is 20.8 Å². The summed E-state index contributed by atoms with van der Waals surface area (Å²) in [5.74, 6) is 0. The van der Waals surface area contributed by atoms with Gasteiger partial charge in [-0.3, -0.25) is 0 Å². The average molecular weight is 1830 g/mol. The van der Waals surface area contributed by atoms with Gasteiger partial charge in [-0.1, -0.05) is 355 Å². The molecule has 0 saturated heterocycles. The molecule has 8 heteroatoms. The summed E-state index contributed by atoms with van der Waals surface area (Å²) in [5, 5.41) is 8.02. The average Bonchev–Trinajstić information content (AvgIpc) is 1.50. The molecule has 0 N–H and O–H groups in total. The fourth-order valence-electron chi connectivity index (χ4n) is 23.4. The minimum absolute atomic E-state index is 0.0746. The smallest absolute Gasteiger partial charge is 0.145 e. The first-order valence-electron chi connectivity index (χ1n) is 49.4. The van der Waals surface area contributed by atoms with E-state index in [1.165, 1.54) is 22.3 Å². The van der Waals surface area contributed by atoms with Crippen LogP contribution in [0.25, 0.3) is 110 Å². The predicted molar refractivity (Wildman–Crippen MR) is 590 cm³/mol. The molecule has 0 bridgehead atoms. The van der Waals surface area contributed by atoms with Gasteiger partial charge in [0.05, 0.1) is 55.1 Å². The van der Waals surface area contributed by atoms with Gasteiger partial charge in [0, 0.05) is 89.3 Å². The Bertz CT molecular complexity index is 8920. The molecule has 26 rings (SSSR count). The molecule has 4 aromatic heterocycles. The molecule has 24 aromatic rings. The third-order valence-electron chi connectivity index (χ3n) is 30.1. The van der Waals surface area contributed by atoms with Crippen LogP contribution in [-0.4, -0.2) is 0 Å². The van der Waals surface area contributed by atoms with Crippen LogP contribution >= 0.6 is 0 Å². The first-order chi connectivity index (χ1) is 69.4. The van der Waals surface area contributed by atoms with Gasteiger partial charge in [0.2, 0.25) is 0 Å². The Labute approximate surface area is 826 Å². The summed E-state index contributed by atoms with van der Waals surface area (Å²) in [5.41, 5.74) is 37.1. The van der Waals surface area contributed by atoms with E-state index >= 15 is 0 Å². The van der Waals surface area contributed by atoms with E-state index in [0.717, 1.165) is 239 Å². The third-order valence-corrected chi connectivity index (χ3v) is 30.1. The monoisotopic (exact) mass is 1830 g/mol. The van der Waals surface area contributed by atoms with Crippen LogP contribution in [-0.2, 0) is 28.1 Å². The standard InChI is InChI=1S/C134H102N4O4/c1-84-52-65-97(66-53-84)137(98-67-54-85(2)55-68-98)112-81-108-123(128-120(112)104-47-29-32-50-116(104)140-128)124-109(133(108,91-34-16-10-17-35-91)92-36-18-11-19-37-92)82-113(121-105-48-30-33-51-117(105)141-129(121)124)138(99-69-56-86(3)57-70-99)100-71-58-87(59-72-100)78-88-60-77-106-118(79-88)142-130-122(106)114(136(96-44-26-15-27-45-96)102-75-63-90(64-76-102)132(7,8)9)83-110-126(130)125-107(134(110,93-38-20-12-21-39-93)94-40-22-13-23-41-94)80-111(119-103-46-28-31-49-115(103)139-127(119)125)135(95-42-24-14-25-43-95)101-73-61-89(62-74-101)131(4,5)6/h10-77,79-83H,78H2,1-9H3. The van der Waals surface area contributed by atoms with Gasteiger partial charge in [0.25, 0.3) is 0 Å². The number of para-hydroxylation sites is 5. The highest BCUT2D eigenvalue weighted by molar-refractivity contribution is 6.28. The van der Waals surface area contributed by atoms with Crippen molar-refractivity contribution in [3.8, 4) is 22.3 Å². The largest absolute Gasteiger partial charge is 0.455 e. The second-order valence-electron chi connectivity index (χ2n) is 40.7. The molecule has 0 fully saturated rings. The molecule has 142 heavy (non-hydrogen) atoms. The van der Waals surface area contributed by atoms with Crippen LogP contribution in [0.5, 0.6) is 0 Å². The molecule has 0 radical (unpaired) electrons. The number of furan rings is 4. The minimum Gasteiger partial charge on any atom is -0.455 e. The molecule has 0 amide bonds. The zero-order valence-corrected chi connectivity index (χ0v) is 80.8. The van der Waals surface area contributed by atoms with E-state index in [1.807, 2.05) is 0 Å². The van der Waals surface area contributed by atoms with Crippen molar-refractivity contribution in [3.05, 3.63) is 526 Å². The van der Waals surface area contributed by atoms with Crippen molar-refractivity contribution in [2.24, 2.45) is 0 Å². The van der Waals surface area contributed by atoms with E-state index in [4.69, 9.17) is 17.7 Å². The van der Waals surface area contributed by atoms with E-state index < -0.39 is 10.8 Å². The number of hydrogen-bond donors (Lipinski definition) is 0. The van der Waals surface area contributed by atoms with E-state index in [1.54, 1.807) is 0 Å². The number of benzene rings is 20. The lowest BCUT2D eigenvalue weighted by Crippen LogP contribution is -2.29. The number of nitrogens with zero attached hydrogens (tertiary/aromatic N) is 4. The van der Waals surface area contributed by atoms with Crippen LogP contribution in [0.4, 0.5) is 68.2 Å². The quantitative estimate of drug-likeness (QED) is 0.0842. The van der Waals surface area contributed by atoms with E-state index in [2.05, 4.69) is 525 Å². The Morgan fingerprint density at radius 3 is 0.718 bits per heavy atom. The summed E-state index contributed by atoms with van der Waals surface area (Å²) in [7, 11) is 0. The highest BCUT2D eigenvalue weighted by Gasteiger charge is 2.54. The molecule has 0 spiro atoms. The Kier molecular flexibility index (Phi) is 19.8. The molecular formula is C134H102N4O4. The minimum atomic E-state index is -0.999. The SMILES string of the molecule is Cc1ccc(N(c2ccc(C)cc2)c2cc3c(c4oc5ccccc5c24)-c2c(cc(N(c4ccc(C)cc4)c4ccc(Cc5ccc6c(c5)oc5c7c(cc(N(c8ccccc8)c8ccc(C(C)(C)C)cc8)c56)C(c5ccccc5)(c5ccccc5)c5cc(N(c6ccccc6)c6ccc(C(C)(C)C)cc6)c6c(oc8ccccc86)c5-7)cc4)c4c2oc2ccccc24)C3(c2ccccc2)c2ccccc2)cc1. The maximum atomic E-state index is 8.13. The van der Waals surface area contributed by atoms with Crippen LogP contribution in [0.1, 0.15) is 125 Å². The van der Waals surface area contributed by atoms with Gasteiger partial charge in [-0.25, -0.2) is 0 Å². The van der Waals surface area contributed by atoms with Crippen molar-refractivity contribution >= 4 is 156 Å². The fraction of sp³-hybridized carbons (Fsp3) is 0.104. The van der Waals surface area contributed by atoms with Gasteiger partial charge in [-0.15, -0.1) is 0 Å². The molecular weight excluding hydrogens is 1730 g/mol. The van der Waals surface area contributed by atoms with E-state index in [-0.39, 0.29) is 10.8 Å². The molecule has 0 unspecified atom stereocenters. The van der Waals surface area contributed by atoms with Crippen molar-refractivity contribution in [1.82, 2.24) is 0 Å². The van der Waals surface area contributed by atoms with Gasteiger partial charge < -0.3 is 37.3 Å². The normalized spacial score (nSPS) is 13.1. The fourth-order valence-corrected chi connectivity index (χ4v) is 23.4. The van der Waals surface area contributed by atoms with Gasteiger partial charge >= 0.3 is 0 Å². The molecule has 8 nitrogen and oxygen atoms in total. The maximum Gasteiger partial charge on any atom is 0.145 e. The molecule has 2 aliphatic carbocycles. The Morgan fingerprint density at radius 1 is 0.211 bits per heavy atom. The Morgan fingerprint density at radius 2 is 0.437 bits per heavy atom. The highest BCUT2D eigenvalue weighted by Crippen LogP contribution is 2.68. The molecule has 0 saturated carbocycles. The van der Waals surface area contributed by atoms with Crippen LogP contribution in [0.3, 0.4) is 0 Å². The number of hydrogen-bond acceptors (Lipinski definition) is 8. The summed E-state index contributed by atoms with van der Waals surface area (Å²) in [4.78, 5) is 9.83.